The fraction of sp³-hybridized carbons (Fsp3) is 0.267. The van der Waals surface area contributed by atoms with Gasteiger partial charge in [-0.3, -0.25) is 5.10 Å². The van der Waals surface area contributed by atoms with Crippen molar-refractivity contribution in [3.05, 3.63) is 48.4 Å². The number of aromatic nitrogens is 5. The van der Waals surface area contributed by atoms with Crippen molar-refractivity contribution in [3.63, 3.8) is 0 Å². The Kier molecular flexibility index (Phi) is 3.95. The molecular weight excluding hydrogens is 266 g/mol. The highest BCUT2D eigenvalue weighted by Gasteiger charge is 2.10. The molecule has 2 heterocycles. The number of hydrogen-bond donors (Lipinski definition) is 1. The number of nitrogens with zero attached hydrogens (tertiary/aromatic N) is 4. The van der Waals surface area contributed by atoms with Crippen molar-refractivity contribution < 1.29 is 4.74 Å². The average Bonchev–Trinajstić information content (AvgIpc) is 3.18. The van der Waals surface area contributed by atoms with Gasteiger partial charge in [0.2, 0.25) is 0 Å². The Morgan fingerprint density at radius 2 is 2.19 bits per heavy atom. The summed E-state index contributed by atoms with van der Waals surface area (Å²) in [7, 11) is 0. The Hall–Kier alpha value is -2.63. The molecule has 0 fully saturated rings. The number of rotatable bonds is 6. The van der Waals surface area contributed by atoms with Gasteiger partial charge in [0.1, 0.15) is 11.4 Å². The number of hydrogen-bond acceptors (Lipinski definition) is 4. The Labute approximate surface area is 122 Å². The second-order valence-corrected chi connectivity index (χ2v) is 4.75. The first kappa shape index (κ1) is 13.4. The summed E-state index contributed by atoms with van der Waals surface area (Å²) >= 11 is 0. The summed E-state index contributed by atoms with van der Waals surface area (Å²) in [6.07, 6.45) is 6.52. The van der Waals surface area contributed by atoms with Gasteiger partial charge in [0, 0.05) is 17.3 Å². The minimum atomic E-state index is 0.640. The van der Waals surface area contributed by atoms with E-state index in [9.17, 15) is 0 Å². The minimum Gasteiger partial charge on any atom is -0.493 e. The van der Waals surface area contributed by atoms with Crippen LogP contribution >= 0.6 is 0 Å². The molecule has 0 radical (unpaired) electrons. The van der Waals surface area contributed by atoms with Crippen LogP contribution in [0.1, 0.15) is 18.9 Å². The van der Waals surface area contributed by atoms with E-state index in [0.29, 0.717) is 13.2 Å². The van der Waals surface area contributed by atoms with Crippen molar-refractivity contribution in [2.45, 2.75) is 19.9 Å². The number of benzene rings is 1. The summed E-state index contributed by atoms with van der Waals surface area (Å²) in [6, 6.07) is 7.89. The second-order valence-electron chi connectivity index (χ2n) is 4.75. The molecule has 3 rings (SSSR count). The van der Waals surface area contributed by atoms with E-state index in [0.717, 1.165) is 29.0 Å². The summed E-state index contributed by atoms with van der Waals surface area (Å²) in [5, 5.41) is 15.1. The molecule has 108 valence electrons. The number of aromatic amines is 1. The quantitative estimate of drug-likeness (QED) is 0.754. The second kappa shape index (κ2) is 6.21. The molecule has 0 bridgehead atoms. The lowest BCUT2D eigenvalue weighted by molar-refractivity contribution is 0.318. The van der Waals surface area contributed by atoms with Gasteiger partial charge in [-0.05, 0) is 18.6 Å². The lowest BCUT2D eigenvalue weighted by Crippen LogP contribution is -1.99. The van der Waals surface area contributed by atoms with Gasteiger partial charge in [0.15, 0.2) is 0 Å². The molecule has 0 saturated carbocycles. The van der Waals surface area contributed by atoms with E-state index in [-0.39, 0.29) is 0 Å². The van der Waals surface area contributed by atoms with E-state index in [2.05, 4.69) is 27.4 Å². The van der Waals surface area contributed by atoms with Crippen LogP contribution in [0.2, 0.25) is 0 Å². The molecule has 0 amide bonds. The lowest BCUT2D eigenvalue weighted by Gasteiger charge is -2.08. The topological polar surface area (TPSA) is 68.6 Å². The smallest absolute Gasteiger partial charge is 0.128 e. The monoisotopic (exact) mass is 283 g/mol. The molecular formula is C15H17N5O. The molecule has 2 aromatic heterocycles. The predicted octanol–water partition coefficient (Wildman–Crippen LogP) is 2.51. The maximum Gasteiger partial charge on any atom is 0.128 e. The molecule has 21 heavy (non-hydrogen) atoms. The van der Waals surface area contributed by atoms with Gasteiger partial charge >= 0.3 is 0 Å². The standard InChI is InChI=1S/C15H17N5O/c1-2-7-21-15-6-4-3-5-13(15)14-11-20(19-18-14)10-12-8-16-17-9-12/h3-6,8-9,11H,2,7,10H2,1H3,(H,16,17). The van der Waals surface area contributed by atoms with Crippen LogP contribution in [-0.4, -0.2) is 31.8 Å². The van der Waals surface area contributed by atoms with Crippen molar-refractivity contribution >= 4 is 0 Å². The van der Waals surface area contributed by atoms with Gasteiger partial charge in [-0.25, -0.2) is 4.68 Å². The molecule has 6 nitrogen and oxygen atoms in total. The van der Waals surface area contributed by atoms with Crippen LogP contribution in [0.15, 0.2) is 42.9 Å². The van der Waals surface area contributed by atoms with Gasteiger partial charge < -0.3 is 4.74 Å². The Morgan fingerprint density at radius 3 is 3.00 bits per heavy atom. The zero-order chi connectivity index (χ0) is 14.5. The number of para-hydroxylation sites is 1. The summed E-state index contributed by atoms with van der Waals surface area (Å²) in [6.45, 7) is 3.42. The first-order valence-electron chi connectivity index (χ1n) is 6.97. The van der Waals surface area contributed by atoms with Gasteiger partial charge in [-0.15, -0.1) is 5.10 Å². The fourth-order valence-corrected chi connectivity index (χ4v) is 2.07. The maximum absolute atomic E-state index is 5.76. The van der Waals surface area contributed by atoms with E-state index >= 15 is 0 Å². The molecule has 0 spiro atoms. The molecule has 6 heteroatoms. The first-order chi connectivity index (χ1) is 10.4. The van der Waals surface area contributed by atoms with Crippen LogP contribution in [-0.2, 0) is 6.54 Å². The maximum atomic E-state index is 5.76. The third-order valence-corrected chi connectivity index (χ3v) is 3.06. The van der Waals surface area contributed by atoms with Gasteiger partial charge in [0.05, 0.1) is 25.5 Å². The van der Waals surface area contributed by atoms with Crippen LogP contribution in [0.4, 0.5) is 0 Å². The largest absolute Gasteiger partial charge is 0.493 e. The van der Waals surface area contributed by atoms with Gasteiger partial charge in [-0.1, -0.05) is 24.3 Å². The molecule has 0 aliphatic carbocycles. The van der Waals surface area contributed by atoms with Crippen LogP contribution in [0.25, 0.3) is 11.3 Å². The average molecular weight is 283 g/mol. The lowest BCUT2D eigenvalue weighted by atomic mass is 10.1. The zero-order valence-corrected chi connectivity index (χ0v) is 11.9. The highest BCUT2D eigenvalue weighted by molar-refractivity contribution is 5.66. The van der Waals surface area contributed by atoms with E-state index < -0.39 is 0 Å². The van der Waals surface area contributed by atoms with E-state index in [1.54, 1.807) is 10.9 Å². The predicted molar refractivity (Wildman–Crippen MR) is 78.9 cm³/mol. The molecule has 0 aliphatic rings. The van der Waals surface area contributed by atoms with Crippen molar-refractivity contribution in [1.82, 2.24) is 25.2 Å². The first-order valence-corrected chi connectivity index (χ1v) is 6.97. The van der Waals surface area contributed by atoms with Crippen LogP contribution in [0.5, 0.6) is 5.75 Å². The van der Waals surface area contributed by atoms with Crippen LogP contribution < -0.4 is 4.74 Å². The third kappa shape index (κ3) is 3.10. The molecule has 0 unspecified atom stereocenters. The Bertz CT molecular complexity index is 690. The third-order valence-electron chi connectivity index (χ3n) is 3.06. The molecule has 0 atom stereocenters. The van der Waals surface area contributed by atoms with Crippen molar-refractivity contribution in [3.8, 4) is 17.0 Å². The molecule has 0 saturated heterocycles. The minimum absolute atomic E-state index is 0.640. The number of nitrogens with one attached hydrogen (secondary N) is 1. The van der Waals surface area contributed by atoms with E-state index in [1.165, 1.54) is 0 Å². The summed E-state index contributed by atoms with van der Waals surface area (Å²) in [5.41, 5.74) is 2.83. The molecule has 1 aromatic carbocycles. The SMILES string of the molecule is CCCOc1ccccc1-c1cn(Cc2cn[nH]c2)nn1. The fourth-order valence-electron chi connectivity index (χ4n) is 2.07. The molecule has 0 aliphatic heterocycles. The van der Waals surface area contributed by atoms with Crippen molar-refractivity contribution in [1.29, 1.82) is 0 Å². The summed E-state index contributed by atoms with van der Waals surface area (Å²) in [4.78, 5) is 0. The highest BCUT2D eigenvalue weighted by Crippen LogP contribution is 2.28. The summed E-state index contributed by atoms with van der Waals surface area (Å²) < 4.78 is 7.55. The van der Waals surface area contributed by atoms with Gasteiger partial charge in [0.25, 0.3) is 0 Å². The van der Waals surface area contributed by atoms with Gasteiger partial charge in [-0.2, -0.15) is 5.10 Å². The number of H-pyrrole nitrogens is 1. The highest BCUT2D eigenvalue weighted by atomic mass is 16.5. The Morgan fingerprint density at radius 1 is 1.29 bits per heavy atom. The van der Waals surface area contributed by atoms with E-state index in [4.69, 9.17) is 4.74 Å². The molecule has 3 aromatic rings. The normalized spacial score (nSPS) is 10.7. The molecule has 1 N–H and O–H groups in total. The summed E-state index contributed by atoms with van der Waals surface area (Å²) in [5.74, 6) is 0.842. The van der Waals surface area contributed by atoms with Crippen molar-refractivity contribution in [2.75, 3.05) is 6.61 Å². The van der Waals surface area contributed by atoms with Crippen molar-refractivity contribution in [2.24, 2.45) is 0 Å². The van der Waals surface area contributed by atoms with E-state index in [1.807, 2.05) is 36.7 Å². The zero-order valence-electron chi connectivity index (χ0n) is 11.9. The van der Waals surface area contributed by atoms with Crippen LogP contribution in [0.3, 0.4) is 0 Å². The number of ether oxygens (including phenoxy) is 1. The van der Waals surface area contributed by atoms with Crippen LogP contribution in [0, 0.1) is 0 Å². The Balaban J connectivity index is 1.82.